The van der Waals surface area contributed by atoms with E-state index in [2.05, 4.69) is 11.0 Å². The maximum atomic E-state index is 13.0. The predicted molar refractivity (Wildman–Crippen MR) is 125 cm³/mol. The van der Waals surface area contributed by atoms with Gasteiger partial charge in [0.15, 0.2) is 16.6 Å². The molecular weight excluding hydrogens is 410 g/mol. The smallest absolute Gasteiger partial charge is 0.253 e. The Labute approximate surface area is 184 Å². The second-order valence-electron chi connectivity index (χ2n) is 7.49. The lowest BCUT2D eigenvalue weighted by atomic mass is 10.1. The first kappa shape index (κ1) is 19.6. The minimum absolute atomic E-state index is 0.0844. The predicted octanol–water partition coefficient (Wildman–Crippen LogP) is 4.43. The van der Waals surface area contributed by atoms with Crippen molar-refractivity contribution in [3.8, 4) is 11.5 Å². The third kappa shape index (κ3) is 3.55. The highest BCUT2D eigenvalue weighted by atomic mass is 32.1. The van der Waals surface area contributed by atoms with Crippen LogP contribution < -0.4 is 14.4 Å². The summed E-state index contributed by atoms with van der Waals surface area (Å²) in [5.41, 5.74) is 1.56. The van der Waals surface area contributed by atoms with Gasteiger partial charge in [0.05, 0.1) is 18.9 Å². The zero-order chi connectivity index (χ0) is 21.4. The number of carbonyl (C=O) groups is 1. The largest absolute Gasteiger partial charge is 0.493 e. The van der Waals surface area contributed by atoms with E-state index in [-0.39, 0.29) is 5.91 Å². The molecule has 0 spiro atoms. The number of nitrogens with zero attached hydrogens (tertiary/aromatic N) is 3. The molecule has 1 fully saturated rings. The number of hydrogen-bond donors (Lipinski definition) is 0. The Kier molecular flexibility index (Phi) is 5.11. The number of piperazine rings is 1. The summed E-state index contributed by atoms with van der Waals surface area (Å²) < 4.78 is 12.0. The minimum Gasteiger partial charge on any atom is -0.493 e. The highest BCUT2D eigenvalue weighted by Gasteiger charge is 2.25. The van der Waals surface area contributed by atoms with Crippen LogP contribution in [0.15, 0.2) is 54.6 Å². The van der Waals surface area contributed by atoms with E-state index in [9.17, 15) is 4.79 Å². The van der Waals surface area contributed by atoms with Crippen molar-refractivity contribution in [3.63, 3.8) is 0 Å². The Morgan fingerprint density at radius 1 is 0.935 bits per heavy atom. The molecule has 0 saturated carbocycles. The van der Waals surface area contributed by atoms with E-state index in [0.717, 1.165) is 44.8 Å². The third-order valence-electron chi connectivity index (χ3n) is 5.72. The molecule has 5 rings (SSSR count). The fourth-order valence-electron chi connectivity index (χ4n) is 4.04. The van der Waals surface area contributed by atoms with Crippen molar-refractivity contribution in [2.24, 2.45) is 0 Å². The number of rotatable bonds is 4. The summed E-state index contributed by atoms with van der Waals surface area (Å²) >= 11 is 1.64. The molecule has 0 unspecified atom stereocenters. The number of hydrogen-bond acceptors (Lipinski definition) is 6. The van der Waals surface area contributed by atoms with Crippen molar-refractivity contribution >= 4 is 43.4 Å². The molecule has 3 aromatic carbocycles. The van der Waals surface area contributed by atoms with Gasteiger partial charge < -0.3 is 19.3 Å². The second-order valence-corrected chi connectivity index (χ2v) is 8.49. The molecule has 6 nitrogen and oxygen atoms in total. The fourth-order valence-corrected chi connectivity index (χ4v) is 5.06. The van der Waals surface area contributed by atoms with E-state index < -0.39 is 0 Å². The molecule has 1 aliphatic rings. The van der Waals surface area contributed by atoms with E-state index in [0.29, 0.717) is 24.6 Å². The number of thiazole rings is 1. The summed E-state index contributed by atoms with van der Waals surface area (Å²) in [4.78, 5) is 22.0. The zero-order valence-corrected chi connectivity index (χ0v) is 18.3. The lowest BCUT2D eigenvalue weighted by Crippen LogP contribution is -2.48. The number of ether oxygens (including phenoxy) is 2. The number of amides is 1. The summed E-state index contributed by atoms with van der Waals surface area (Å²) in [6, 6.07) is 17.9. The summed E-state index contributed by atoms with van der Waals surface area (Å²) in [5.74, 6) is 1.42. The first-order valence-corrected chi connectivity index (χ1v) is 11.0. The topological polar surface area (TPSA) is 54.9 Å². The zero-order valence-electron chi connectivity index (χ0n) is 17.5. The van der Waals surface area contributed by atoms with Crippen molar-refractivity contribution in [1.29, 1.82) is 0 Å². The Bertz CT molecular complexity index is 1260. The minimum atomic E-state index is 0.0844. The molecule has 158 valence electrons. The van der Waals surface area contributed by atoms with Gasteiger partial charge in [-0.05, 0) is 35.0 Å². The Morgan fingerprint density at radius 2 is 1.71 bits per heavy atom. The summed E-state index contributed by atoms with van der Waals surface area (Å²) in [6.07, 6.45) is 0. The number of benzene rings is 3. The average Bonchev–Trinajstić information content (AvgIpc) is 3.27. The van der Waals surface area contributed by atoms with Crippen LogP contribution in [0.5, 0.6) is 11.5 Å². The molecule has 0 aliphatic carbocycles. The van der Waals surface area contributed by atoms with Crippen molar-refractivity contribution in [1.82, 2.24) is 9.88 Å². The monoisotopic (exact) mass is 433 g/mol. The molecule has 1 saturated heterocycles. The third-order valence-corrected chi connectivity index (χ3v) is 6.81. The molecule has 1 amide bonds. The SMILES string of the molecule is COc1ccc2sc(N3CCN(C(=O)c4ccc5ccccc5c4)CC3)nc2c1OC. The van der Waals surface area contributed by atoms with Crippen LogP contribution in [0.1, 0.15) is 10.4 Å². The van der Waals surface area contributed by atoms with Gasteiger partial charge in [-0.3, -0.25) is 4.79 Å². The molecule has 1 aliphatic heterocycles. The van der Waals surface area contributed by atoms with Gasteiger partial charge in [-0.15, -0.1) is 0 Å². The van der Waals surface area contributed by atoms with Gasteiger partial charge >= 0.3 is 0 Å². The van der Waals surface area contributed by atoms with Crippen molar-refractivity contribution < 1.29 is 14.3 Å². The molecule has 7 heteroatoms. The van der Waals surface area contributed by atoms with Gasteiger partial charge in [-0.1, -0.05) is 41.7 Å². The maximum absolute atomic E-state index is 13.0. The van der Waals surface area contributed by atoms with Crippen LogP contribution in [0, 0.1) is 0 Å². The van der Waals surface area contributed by atoms with Gasteiger partial charge in [0.25, 0.3) is 5.91 Å². The van der Waals surface area contributed by atoms with Crippen molar-refractivity contribution in [2.45, 2.75) is 0 Å². The normalized spacial score (nSPS) is 14.3. The Morgan fingerprint density at radius 3 is 2.45 bits per heavy atom. The van der Waals surface area contributed by atoms with Crippen molar-refractivity contribution in [2.75, 3.05) is 45.3 Å². The van der Waals surface area contributed by atoms with Crippen LogP contribution in [0.25, 0.3) is 21.0 Å². The van der Waals surface area contributed by atoms with Crippen molar-refractivity contribution in [3.05, 3.63) is 60.2 Å². The standard InChI is InChI=1S/C24H23N3O3S/c1-29-19-9-10-20-21(22(19)30-2)25-24(31-20)27-13-11-26(12-14-27)23(28)18-8-7-16-5-3-4-6-17(16)15-18/h3-10,15H,11-14H2,1-2H3. The summed E-state index contributed by atoms with van der Waals surface area (Å²) in [5, 5.41) is 3.18. The number of methoxy groups -OCH3 is 2. The number of anilines is 1. The van der Waals surface area contributed by atoms with Gasteiger partial charge in [0.2, 0.25) is 0 Å². The van der Waals surface area contributed by atoms with Gasteiger partial charge in [0.1, 0.15) is 5.52 Å². The molecule has 1 aromatic heterocycles. The van der Waals surface area contributed by atoms with E-state index in [1.165, 1.54) is 0 Å². The highest BCUT2D eigenvalue weighted by Crippen LogP contribution is 2.40. The molecule has 0 radical (unpaired) electrons. The molecule has 31 heavy (non-hydrogen) atoms. The van der Waals surface area contributed by atoms with E-state index in [4.69, 9.17) is 14.5 Å². The highest BCUT2D eigenvalue weighted by molar-refractivity contribution is 7.22. The van der Waals surface area contributed by atoms with Gasteiger partial charge in [-0.25, -0.2) is 4.98 Å². The molecule has 0 N–H and O–H groups in total. The number of carbonyl (C=O) groups excluding carboxylic acids is 1. The first-order chi connectivity index (χ1) is 15.2. The van der Waals surface area contributed by atoms with Crippen LogP contribution in [0.2, 0.25) is 0 Å². The van der Waals surface area contributed by atoms with E-state index in [1.54, 1.807) is 25.6 Å². The summed E-state index contributed by atoms with van der Waals surface area (Å²) in [6.45, 7) is 2.83. The van der Waals surface area contributed by atoms with Gasteiger partial charge in [0, 0.05) is 31.7 Å². The van der Waals surface area contributed by atoms with Crippen LogP contribution in [-0.4, -0.2) is 56.2 Å². The average molecular weight is 434 g/mol. The van der Waals surface area contributed by atoms with Crippen LogP contribution in [0.4, 0.5) is 5.13 Å². The quantitative estimate of drug-likeness (QED) is 0.477. The van der Waals surface area contributed by atoms with Gasteiger partial charge in [-0.2, -0.15) is 0 Å². The fraction of sp³-hybridized carbons (Fsp3) is 0.250. The first-order valence-electron chi connectivity index (χ1n) is 10.2. The summed E-state index contributed by atoms with van der Waals surface area (Å²) in [7, 11) is 3.26. The van der Waals surface area contributed by atoms with Crippen LogP contribution >= 0.6 is 11.3 Å². The lowest BCUT2D eigenvalue weighted by molar-refractivity contribution is 0.0747. The molecule has 0 bridgehead atoms. The Hall–Kier alpha value is -3.32. The second kappa shape index (κ2) is 8.07. The maximum Gasteiger partial charge on any atom is 0.253 e. The number of aromatic nitrogens is 1. The van der Waals surface area contributed by atoms with Crippen LogP contribution in [-0.2, 0) is 0 Å². The number of fused-ring (bicyclic) bond motifs is 2. The Balaban J connectivity index is 1.32. The van der Waals surface area contributed by atoms with Crippen LogP contribution in [0.3, 0.4) is 0 Å². The van der Waals surface area contributed by atoms with E-state index in [1.807, 2.05) is 53.4 Å². The molecule has 4 aromatic rings. The lowest BCUT2D eigenvalue weighted by Gasteiger charge is -2.34. The molecule has 0 atom stereocenters. The molecular formula is C24H23N3O3S. The van der Waals surface area contributed by atoms with E-state index >= 15 is 0 Å². The molecule has 2 heterocycles.